The number of aromatic nitrogens is 3. The number of likely N-dealkylation sites (N-methyl/N-ethyl adjacent to an activating group) is 1. The number of anilines is 1. The molecule has 3 heterocycles. The SMILES string of the molecule is Cc1cc(-c2cnc(N)c(OCc3ccncc3OC3CC3)n2)cc2c1CCN(C)C2. The molecule has 0 bridgehead atoms. The van der Waals surface area contributed by atoms with Crippen molar-refractivity contribution in [3.63, 3.8) is 0 Å². The van der Waals surface area contributed by atoms with E-state index in [-0.39, 0.29) is 5.82 Å². The van der Waals surface area contributed by atoms with E-state index in [0.29, 0.717) is 18.6 Å². The van der Waals surface area contributed by atoms with Gasteiger partial charge in [-0.05, 0) is 68.1 Å². The van der Waals surface area contributed by atoms with Gasteiger partial charge < -0.3 is 20.1 Å². The maximum Gasteiger partial charge on any atom is 0.258 e. The molecule has 7 nitrogen and oxygen atoms in total. The number of rotatable bonds is 6. The summed E-state index contributed by atoms with van der Waals surface area (Å²) in [6, 6.07) is 6.29. The highest BCUT2D eigenvalue weighted by molar-refractivity contribution is 5.64. The van der Waals surface area contributed by atoms with Crippen LogP contribution >= 0.6 is 0 Å². The Bertz CT molecular complexity index is 1110. The summed E-state index contributed by atoms with van der Waals surface area (Å²) in [5, 5.41) is 0. The Kier molecular flexibility index (Phi) is 5.19. The Morgan fingerprint density at radius 3 is 2.94 bits per heavy atom. The first kappa shape index (κ1) is 19.8. The molecular formula is C24H27N5O2. The average Bonchev–Trinajstić information content (AvgIpc) is 3.58. The maximum absolute atomic E-state index is 6.07. The number of aryl methyl sites for hydroxylation is 1. The number of nitrogens with two attached hydrogens (primary N) is 1. The quantitative estimate of drug-likeness (QED) is 0.656. The average molecular weight is 418 g/mol. The van der Waals surface area contributed by atoms with Gasteiger partial charge in [-0.2, -0.15) is 0 Å². The third kappa shape index (κ3) is 4.32. The van der Waals surface area contributed by atoms with Crippen molar-refractivity contribution in [2.24, 2.45) is 0 Å². The van der Waals surface area contributed by atoms with Gasteiger partial charge in [0.05, 0.1) is 24.2 Å². The van der Waals surface area contributed by atoms with Crippen LogP contribution in [0.2, 0.25) is 0 Å². The summed E-state index contributed by atoms with van der Waals surface area (Å²) >= 11 is 0. The summed E-state index contributed by atoms with van der Waals surface area (Å²) < 4.78 is 11.9. The highest BCUT2D eigenvalue weighted by Crippen LogP contribution is 2.31. The largest absolute Gasteiger partial charge is 0.488 e. The summed E-state index contributed by atoms with van der Waals surface area (Å²) in [5.41, 5.74) is 12.9. The molecule has 31 heavy (non-hydrogen) atoms. The van der Waals surface area contributed by atoms with Crippen molar-refractivity contribution >= 4 is 5.82 Å². The van der Waals surface area contributed by atoms with Crippen molar-refractivity contribution in [2.75, 3.05) is 19.3 Å². The predicted octanol–water partition coefficient (Wildman–Crippen LogP) is 3.54. The van der Waals surface area contributed by atoms with Gasteiger partial charge >= 0.3 is 0 Å². The minimum Gasteiger partial charge on any atom is -0.488 e. The summed E-state index contributed by atoms with van der Waals surface area (Å²) in [7, 11) is 2.15. The van der Waals surface area contributed by atoms with Gasteiger partial charge in [-0.15, -0.1) is 0 Å². The molecule has 2 N–H and O–H groups in total. The van der Waals surface area contributed by atoms with Crippen molar-refractivity contribution < 1.29 is 9.47 Å². The van der Waals surface area contributed by atoms with E-state index >= 15 is 0 Å². The molecule has 1 saturated carbocycles. The molecule has 0 unspecified atom stereocenters. The fraction of sp³-hybridized carbons (Fsp3) is 0.375. The molecule has 0 saturated heterocycles. The van der Waals surface area contributed by atoms with Crippen LogP contribution in [-0.2, 0) is 19.6 Å². The fourth-order valence-corrected chi connectivity index (χ4v) is 3.98. The van der Waals surface area contributed by atoms with Crippen LogP contribution < -0.4 is 15.2 Å². The van der Waals surface area contributed by atoms with Crippen LogP contribution in [-0.4, -0.2) is 39.5 Å². The van der Waals surface area contributed by atoms with E-state index < -0.39 is 0 Å². The molecule has 1 aliphatic carbocycles. The van der Waals surface area contributed by atoms with E-state index in [2.05, 4.69) is 46.0 Å². The molecule has 2 aromatic heterocycles. The molecule has 0 radical (unpaired) electrons. The van der Waals surface area contributed by atoms with E-state index in [0.717, 1.165) is 54.9 Å². The highest BCUT2D eigenvalue weighted by Gasteiger charge is 2.25. The number of pyridine rings is 1. The molecule has 3 aromatic rings. The van der Waals surface area contributed by atoms with Crippen LogP contribution in [0.1, 0.15) is 35.1 Å². The van der Waals surface area contributed by atoms with Gasteiger partial charge in [0.2, 0.25) is 0 Å². The Morgan fingerprint density at radius 1 is 1.23 bits per heavy atom. The third-order valence-electron chi connectivity index (χ3n) is 5.86. The highest BCUT2D eigenvalue weighted by atomic mass is 16.5. The number of nitrogen functional groups attached to an aromatic ring is 1. The zero-order valence-electron chi connectivity index (χ0n) is 18.0. The first-order valence-corrected chi connectivity index (χ1v) is 10.7. The summed E-state index contributed by atoms with van der Waals surface area (Å²) in [6.45, 7) is 4.50. The standard InChI is InChI=1S/C24H27N5O2/c1-15-9-17(10-18-13-29(2)8-6-20(15)18)21-11-27-23(25)24(28-21)30-14-16-5-7-26-12-22(16)31-19-3-4-19/h5,7,9-12,19H,3-4,6,8,13-14H2,1-2H3,(H2,25,27). The maximum atomic E-state index is 6.07. The zero-order valence-corrected chi connectivity index (χ0v) is 18.0. The second kappa shape index (κ2) is 8.15. The lowest BCUT2D eigenvalue weighted by atomic mass is 9.92. The Hall–Kier alpha value is -3.19. The lowest BCUT2D eigenvalue weighted by Crippen LogP contribution is -2.27. The lowest BCUT2D eigenvalue weighted by Gasteiger charge is -2.27. The second-order valence-electron chi connectivity index (χ2n) is 8.45. The number of benzene rings is 1. The molecular weight excluding hydrogens is 390 g/mol. The van der Waals surface area contributed by atoms with Crippen molar-refractivity contribution in [3.8, 4) is 22.9 Å². The topological polar surface area (TPSA) is 86.4 Å². The van der Waals surface area contributed by atoms with Gasteiger partial charge in [0.25, 0.3) is 5.88 Å². The summed E-state index contributed by atoms with van der Waals surface area (Å²) in [5.74, 6) is 1.36. The molecule has 2 aliphatic rings. The van der Waals surface area contributed by atoms with Crippen LogP contribution in [0, 0.1) is 6.92 Å². The van der Waals surface area contributed by atoms with Gasteiger partial charge in [0.15, 0.2) is 5.82 Å². The van der Waals surface area contributed by atoms with Crippen LogP contribution in [0.5, 0.6) is 11.6 Å². The lowest BCUT2D eigenvalue weighted by molar-refractivity contribution is 0.266. The van der Waals surface area contributed by atoms with E-state index in [1.54, 1.807) is 18.6 Å². The Balaban J connectivity index is 1.39. The molecule has 1 aliphatic heterocycles. The molecule has 0 amide bonds. The first-order valence-electron chi connectivity index (χ1n) is 10.7. The smallest absolute Gasteiger partial charge is 0.258 e. The molecule has 1 aromatic carbocycles. The van der Waals surface area contributed by atoms with Crippen molar-refractivity contribution in [1.29, 1.82) is 0 Å². The number of nitrogens with zero attached hydrogens (tertiary/aromatic N) is 4. The van der Waals surface area contributed by atoms with Crippen molar-refractivity contribution in [3.05, 3.63) is 59.0 Å². The zero-order chi connectivity index (χ0) is 21.4. The summed E-state index contributed by atoms with van der Waals surface area (Å²) in [4.78, 5) is 15.5. The van der Waals surface area contributed by atoms with Crippen LogP contribution in [0.3, 0.4) is 0 Å². The number of hydrogen-bond acceptors (Lipinski definition) is 7. The van der Waals surface area contributed by atoms with E-state index in [9.17, 15) is 0 Å². The van der Waals surface area contributed by atoms with E-state index in [1.807, 2.05) is 6.07 Å². The molecule has 0 atom stereocenters. The Labute approximate surface area is 182 Å². The van der Waals surface area contributed by atoms with Crippen molar-refractivity contribution in [1.82, 2.24) is 19.9 Å². The second-order valence-corrected chi connectivity index (χ2v) is 8.45. The van der Waals surface area contributed by atoms with Crippen molar-refractivity contribution in [2.45, 2.75) is 45.4 Å². The van der Waals surface area contributed by atoms with Gasteiger partial charge in [-0.3, -0.25) is 4.98 Å². The molecule has 160 valence electrons. The molecule has 1 fully saturated rings. The molecule has 5 rings (SSSR count). The Morgan fingerprint density at radius 2 is 2.10 bits per heavy atom. The normalized spacial score (nSPS) is 16.1. The van der Waals surface area contributed by atoms with Gasteiger partial charge in [0, 0.05) is 30.4 Å². The number of ether oxygens (including phenoxy) is 2. The van der Waals surface area contributed by atoms with E-state index in [4.69, 9.17) is 15.2 Å². The van der Waals surface area contributed by atoms with Gasteiger partial charge in [-0.25, -0.2) is 9.97 Å². The third-order valence-corrected chi connectivity index (χ3v) is 5.86. The van der Waals surface area contributed by atoms with Crippen LogP contribution in [0.25, 0.3) is 11.3 Å². The van der Waals surface area contributed by atoms with Gasteiger partial charge in [0.1, 0.15) is 12.4 Å². The number of hydrogen-bond donors (Lipinski definition) is 1. The molecule has 0 spiro atoms. The predicted molar refractivity (Wildman–Crippen MR) is 119 cm³/mol. The number of fused-ring (bicyclic) bond motifs is 1. The van der Waals surface area contributed by atoms with Crippen LogP contribution in [0.15, 0.2) is 36.8 Å². The minimum absolute atomic E-state index is 0.275. The van der Waals surface area contributed by atoms with Gasteiger partial charge in [-0.1, -0.05) is 0 Å². The summed E-state index contributed by atoms with van der Waals surface area (Å²) in [6.07, 6.45) is 8.73. The first-order chi connectivity index (χ1) is 15.1. The van der Waals surface area contributed by atoms with Crippen LogP contribution in [0.4, 0.5) is 5.82 Å². The molecule has 7 heteroatoms. The minimum atomic E-state index is 0.275. The fourth-order valence-electron chi connectivity index (χ4n) is 3.98. The monoisotopic (exact) mass is 417 g/mol. The van der Waals surface area contributed by atoms with E-state index in [1.165, 1.54) is 16.7 Å².